The van der Waals surface area contributed by atoms with E-state index in [1.165, 1.54) is 45.5 Å². The molecule has 0 bridgehead atoms. The number of benzene rings is 3. The predicted molar refractivity (Wildman–Crippen MR) is 125 cm³/mol. The van der Waals surface area contributed by atoms with Crippen molar-refractivity contribution in [1.29, 1.82) is 0 Å². The fourth-order valence-electron chi connectivity index (χ4n) is 2.37. The minimum absolute atomic E-state index is 0.0450. The molecule has 3 rings (SSSR count). The van der Waals surface area contributed by atoms with Crippen LogP contribution < -0.4 is 11.0 Å². The van der Waals surface area contributed by atoms with Gasteiger partial charge in [0.2, 0.25) is 0 Å². The van der Waals surface area contributed by atoms with E-state index in [4.69, 9.17) is 10.0 Å². The Morgan fingerprint density at radius 1 is 0.743 bits per heavy atom. The van der Waals surface area contributed by atoms with Gasteiger partial charge in [0.25, 0.3) is 17.7 Å². The molecule has 0 aliphatic heterocycles. The molecule has 3 amide bonds. The van der Waals surface area contributed by atoms with Crippen LogP contribution in [0.15, 0.2) is 78.9 Å². The van der Waals surface area contributed by atoms with Crippen LogP contribution in [0.2, 0.25) is 0 Å². The smallest absolute Gasteiger partial charge is 0.280 e. The van der Waals surface area contributed by atoms with Crippen molar-refractivity contribution in [2.75, 3.05) is 21.3 Å². The van der Waals surface area contributed by atoms with Crippen molar-refractivity contribution in [2.45, 2.75) is 0 Å². The van der Waals surface area contributed by atoms with E-state index in [0.717, 1.165) is 5.06 Å². The summed E-state index contributed by atoms with van der Waals surface area (Å²) >= 11 is 0. The van der Waals surface area contributed by atoms with Gasteiger partial charge in [-0.05, 0) is 36.4 Å². The summed E-state index contributed by atoms with van der Waals surface area (Å²) < 4.78 is 0. The van der Waals surface area contributed by atoms with Crippen LogP contribution in [0.5, 0.6) is 11.5 Å². The van der Waals surface area contributed by atoms with Crippen LogP contribution in [-0.2, 0) is 9.68 Å². The number of phenolic OH excluding ortho intramolecular Hbond substituents is 2. The standard InChI is InChI=1S/C9H11NO3.C8H9NO3.C7H7NO2/c1-10(13-2)9(12)7-5-3-4-6-8(7)11;1-12-9-8(11)6-4-2-3-5-7(6)10;9-7(8-10)6-4-2-1-3-5-6/h3-6,11H,1-2H3;2-5,10H,1H3,(H,9,11);1-5,10H,(H,8,9). The second-order valence-electron chi connectivity index (χ2n) is 6.46. The molecule has 3 aromatic rings. The fraction of sp³-hybridized carbons (Fsp3) is 0.125. The average molecular weight is 485 g/mol. The summed E-state index contributed by atoms with van der Waals surface area (Å²) in [5.74, 6) is -1.43. The Morgan fingerprint density at radius 2 is 1.23 bits per heavy atom. The first kappa shape index (κ1) is 28.6. The van der Waals surface area contributed by atoms with E-state index in [2.05, 4.69) is 10.3 Å². The van der Waals surface area contributed by atoms with E-state index in [9.17, 15) is 24.6 Å². The lowest BCUT2D eigenvalue weighted by atomic mass is 10.2. The summed E-state index contributed by atoms with van der Waals surface area (Å²) in [6.07, 6.45) is 0. The Balaban J connectivity index is 0.000000265. The Labute approximate surface area is 202 Å². The van der Waals surface area contributed by atoms with E-state index in [1.807, 2.05) is 0 Å². The van der Waals surface area contributed by atoms with E-state index < -0.39 is 11.8 Å². The summed E-state index contributed by atoms with van der Waals surface area (Å²) in [6, 6.07) is 21.0. The van der Waals surface area contributed by atoms with Gasteiger partial charge in [-0.25, -0.2) is 16.0 Å². The van der Waals surface area contributed by atoms with Gasteiger partial charge in [-0.1, -0.05) is 42.5 Å². The molecular weight excluding hydrogens is 458 g/mol. The van der Waals surface area contributed by atoms with Crippen molar-refractivity contribution in [1.82, 2.24) is 16.0 Å². The number of rotatable bonds is 5. The summed E-state index contributed by atoms with van der Waals surface area (Å²) in [4.78, 5) is 42.3. The van der Waals surface area contributed by atoms with Gasteiger partial charge >= 0.3 is 0 Å². The highest BCUT2D eigenvalue weighted by Gasteiger charge is 2.14. The van der Waals surface area contributed by atoms with Crippen molar-refractivity contribution in [2.24, 2.45) is 0 Å². The zero-order valence-electron chi connectivity index (χ0n) is 19.3. The van der Waals surface area contributed by atoms with Gasteiger partial charge in [-0.15, -0.1) is 0 Å². The van der Waals surface area contributed by atoms with E-state index in [1.54, 1.807) is 60.1 Å². The van der Waals surface area contributed by atoms with Gasteiger partial charge in [0, 0.05) is 12.6 Å². The molecule has 0 unspecified atom stereocenters. The Bertz CT molecular complexity index is 1090. The van der Waals surface area contributed by atoms with Gasteiger partial charge < -0.3 is 10.2 Å². The molecule has 3 aromatic carbocycles. The molecule has 5 N–H and O–H groups in total. The third-order valence-electron chi connectivity index (χ3n) is 4.18. The van der Waals surface area contributed by atoms with Crippen LogP contribution in [0.3, 0.4) is 0 Å². The molecule has 35 heavy (non-hydrogen) atoms. The minimum atomic E-state index is -0.486. The molecule has 0 aromatic heterocycles. The molecule has 11 heteroatoms. The first-order valence-electron chi connectivity index (χ1n) is 9.97. The maximum atomic E-state index is 11.4. The molecule has 0 radical (unpaired) electrons. The second kappa shape index (κ2) is 15.4. The molecule has 0 aliphatic carbocycles. The number of carbonyl (C=O) groups excluding carboxylic acids is 3. The van der Waals surface area contributed by atoms with E-state index in [0.29, 0.717) is 5.56 Å². The summed E-state index contributed by atoms with van der Waals surface area (Å²) in [5, 5.41) is 27.8. The topological polar surface area (TPSA) is 158 Å². The Hall–Kier alpha value is -4.45. The maximum Gasteiger partial charge on any atom is 0.280 e. The van der Waals surface area contributed by atoms with Crippen molar-refractivity contribution in [3.8, 4) is 11.5 Å². The third-order valence-corrected chi connectivity index (χ3v) is 4.18. The lowest BCUT2D eigenvalue weighted by Crippen LogP contribution is -2.25. The van der Waals surface area contributed by atoms with Crippen molar-refractivity contribution >= 4 is 17.7 Å². The SMILES string of the molecule is CON(C)C(=O)c1ccccc1O.CONC(=O)c1ccccc1O.O=C(NO)c1ccccc1. The summed E-state index contributed by atoms with van der Waals surface area (Å²) in [5.41, 5.74) is 4.52. The fourth-order valence-corrected chi connectivity index (χ4v) is 2.37. The highest BCUT2D eigenvalue weighted by Crippen LogP contribution is 2.17. The van der Waals surface area contributed by atoms with Crippen LogP contribution >= 0.6 is 0 Å². The molecular formula is C24H27N3O8. The van der Waals surface area contributed by atoms with E-state index in [-0.39, 0.29) is 28.5 Å². The summed E-state index contributed by atoms with van der Waals surface area (Å²) in [6.45, 7) is 0. The van der Waals surface area contributed by atoms with Crippen LogP contribution in [0.25, 0.3) is 0 Å². The molecule has 11 nitrogen and oxygen atoms in total. The predicted octanol–water partition coefficient (Wildman–Crippen LogP) is 2.51. The number of hydroxylamine groups is 4. The van der Waals surface area contributed by atoms with Gasteiger partial charge in [0.15, 0.2) is 0 Å². The van der Waals surface area contributed by atoms with Crippen molar-refractivity contribution in [3.05, 3.63) is 95.6 Å². The quantitative estimate of drug-likeness (QED) is 0.272. The van der Waals surface area contributed by atoms with E-state index >= 15 is 0 Å². The van der Waals surface area contributed by atoms with Gasteiger partial charge in [-0.2, -0.15) is 0 Å². The largest absolute Gasteiger partial charge is 0.507 e. The first-order valence-corrected chi connectivity index (χ1v) is 9.97. The zero-order valence-corrected chi connectivity index (χ0v) is 19.3. The molecule has 0 atom stereocenters. The Morgan fingerprint density at radius 3 is 1.69 bits per heavy atom. The number of aromatic hydroxyl groups is 2. The molecule has 0 aliphatic rings. The van der Waals surface area contributed by atoms with Crippen LogP contribution in [0, 0.1) is 0 Å². The maximum absolute atomic E-state index is 11.4. The number of para-hydroxylation sites is 2. The van der Waals surface area contributed by atoms with Crippen molar-refractivity contribution in [3.63, 3.8) is 0 Å². The number of phenols is 2. The highest BCUT2D eigenvalue weighted by atomic mass is 16.7. The molecule has 0 saturated heterocycles. The normalized spacial score (nSPS) is 9.37. The lowest BCUT2D eigenvalue weighted by molar-refractivity contribution is -0.0758. The monoisotopic (exact) mass is 485 g/mol. The Kier molecular flexibility index (Phi) is 12.6. The third kappa shape index (κ3) is 9.52. The molecule has 0 spiro atoms. The number of hydrogen-bond acceptors (Lipinski definition) is 8. The number of hydrogen-bond donors (Lipinski definition) is 5. The first-order chi connectivity index (χ1) is 16.8. The number of carbonyl (C=O) groups is 3. The summed E-state index contributed by atoms with van der Waals surface area (Å²) in [7, 11) is 4.20. The van der Waals surface area contributed by atoms with Gasteiger partial charge in [0.1, 0.15) is 11.5 Å². The van der Waals surface area contributed by atoms with Crippen LogP contribution in [0.1, 0.15) is 31.1 Å². The number of nitrogens with one attached hydrogen (secondary N) is 2. The molecule has 186 valence electrons. The molecule has 0 heterocycles. The second-order valence-corrected chi connectivity index (χ2v) is 6.46. The minimum Gasteiger partial charge on any atom is -0.507 e. The zero-order chi connectivity index (χ0) is 26.2. The molecule has 0 fully saturated rings. The lowest BCUT2D eigenvalue weighted by Gasteiger charge is -2.13. The van der Waals surface area contributed by atoms with Gasteiger partial charge in [-0.3, -0.25) is 29.3 Å². The van der Waals surface area contributed by atoms with Crippen LogP contribution in [-0.4, -0.2) is 59.5 Å². The average Bonchev–Trinajstić information content (AvgIpc) is 2.89. The van der Waals surface area contributed by atoms with Crippen molar-refractivity contribution < 1.29 is 39.5 Å². The van der Waals surface area contributed by atoms with Gasteiger partial charge in [0.05, 0.1) is 25.3 Å². The number of amides is 3. The molecule has 0 saturated carbocycles. The van der Waals surface area contributed by atoms with Crippen LogP contribution in [0.4, 0.5) is 0 Å². The highest BCUT2D eigenvalue weighted by molar-refractivity contribution is 5.96. The number of nitrogens with zero attached hydrogens (tertiary/aromatic N) is 1.